The Kier molecular flexibility index (Phi) is 3.95. The second-order valence-corrected chi connectivity index (χ2v) is 6.22. The number of para-hydroxylation sites is 1. The maximum atomic E-state index is 12.6. The zero-order valence-corrected chi connectivity index (χ0v) is 12.1. The fraction of sp³-hybridized carbons (Fsp3) is 0.588. The van der Waals surface area contributed by atoms with E-state index >= 15 is 0 Å². The topological polar surface area (TPSA) is 46.3 Å². The number of fused-ring (bicyclic) bond motifs is 1. The Labute approximate surface area is 121 Å². The molecule has 108 valence electrons. The van der Waals surface area contributed by atoms with E-state index in [9.17, 15) is 4.79 Å². The summed E-state index contributed by atoms with van der Waals surface area (Å²) in [5.74, 6) is 1.01. The number of rotatable bonds is 2. The summed E-state index contributed by atoms with van der Waals surface area (Å²) < 4.78 is 0. The van der Waals surface area contributed by atoms with Crippen LogP contribution in [0.15, 0.2) is 24.3 Å². The van der Waals surface area contributed by atoms with Crippen LogP contribution in [-0.4, -0.2) is 23.4 Å². The Morgan fingerprint density at radius 1 is 1.15 bits per heavy atom. The molecule has 3 heteroatoms. The van der Waals surface area contributed by atoms with Crippen LogP contribution >= 0.6 is 0 Å². The minimum atomic E-state index is 0.263. The average molecular weight is 272 g/mol. The van der Waals surface area contributed by atoms with Crippen LogP contribution in [0.5, 0.6) is 0 Å². The summed E-state index contributed by atoms with van der Waals surface area (Å²) in [6.45, 7) is 0.937. The van der Waals surface area contributed by atoms with E-state index < -0.39 is 0 Å². The van der Waals surface area contributed by atoms with Crippen molar-refractivity contribution >= 4 is 11.6 Å². The fourth-order valence-corrected chi connectivity index (χ4v) is 3.89. The Morgan fingerprint density at radius 2 is 1.90 bits per heavy atom. The van der Waals surface area contributed by atoms with E-state index in [0.717, 1.165) is 30.1 Å². The number of anilines is 1. The molecule has 20 heavy (non-hydrogen) atoms. The zero-order chi connectivity index (χ0) is 13.9. The minimum absolute atomic E-state index is 0.263. The number of amides is 1. The maximum Gasteiger partial charge on any atom is 0.227 e. The first-order chi connectivity index (χ1) is 9.75. The number of nitrogens with zero attached hydrogens (tertiary/aromatic N) is 1. The standard InChI is InChI=1S/C17H24N2O/c18-15-9-3-1-7-14(15)12-17(20)19-11-5-8-13-6-2-4-10-16(13)19/h1,3,7,9,13,16H,2,4-6,8,10-12,18H2/t13-,16-/m1/s1. The molecule has 1 aromatic carbocycles. The molecule has 2 fully saturated rings. The SMILES string of the molecule is Nc1ccccc1CC(=O)N1CCC[C@H]2CCCC[C@H]21. The highest BCUT2D eigenvalue weighted by Gasteiger charge is 2.35. The molecule has 1 aliphatic heterocycles. The fourth-order valence-electron chi connectivity index (χ4n) is 3.89. The van der Waals surface area contributed by atoms with Gasteiger partial charge in [0.05, 0.1) is 6.42 Å². The van der Waals surface area contributed by atoms with Crippen molar-refractivity contribution in [2.24, 2.45) is 5.92 Å². The van der Waals surface area contributed by atoms with Gasteiger partial charge in [0.15, 0.2) is 0 Å². The van der Waals surface area contributed by atoms with Gasteiger partial charge in [-0.1, -0.05) is 31.0 Å². The highest BCUT2D eigenvalue weighted by atomic mass is 16.2. The number of nitrogens with two attached hydrogens (primary N) is 1. The van der Waals surface area contributed by atoms with Gasteiger partial charge in [-0.15, -0.1) is 0 Å². The third-order valence-electron chi connectivity index (χ3n) is 4.96. The van der Waals surface area contributed by atoms with E-state index in [2.05, 4.69) is 4.90 Å². The third-order valence-corrected chi connectivity index (χ3v) is 4.96. The first-order valence-corrected chi connectivity index (χ1v) is 7.88. The van der Waals surface area contributed by atoms with E-state index in [4.69, 9.17) is 5.73 Å². The summed E-state index contributed by atoms with van der Waals surface area (Å²) in [5, 5.41) is 0. The van der Waals surface area contributed by atoms with Gasteiger partial charge in [0, 0.05) is 18.3 Å². The number of hydrogen-bond donors (Lipinski definition) is 1. The first-order valence-electron chi connectivity index (χ1n) is 7.88. The summed E-state index contributed by atoms with van der Waals surface area (Å²) in [6.07, 6.45) is 8.05. The zero-order valence-electron chi connectivity index (χ0n) is 12.1. The van der Waals surface area contributed by atoms with Gasteiger partial charge in [-0.3, -0.25) is 4.79 Å². The lowest BCUT2D eigenvalue weighted by Gasteiger charge is -2.44. The summed E-state index contributed by atoms with van der Waals surface area (Å²) >= 11 is 0. The van der Waals surface area contributed by atoms with Gasteiger partial charge in [-0.05, 0) is 43.2 Å². The molecule has 0 aromatic heterocycles. The van der Waals surface area contributed by atoms with Crippen LogP contribution in [-0.2, 0) is 11.2 Å². The van der Waals surface area contributed by atoms with E-state index in [1.807, 2.05) is 24.3 Å². The van der Waals surface area contributed by atoms with Crippen LogP contribution in [0.4, 0.5) is 5.69 Å². The van der Waals surface area contributed by atoms with Crippen LogP contribution in [0.25, 0.3) is 0 Å². The molecule has 1 aliphatic carbocycles. The van der Waals surface area contributed by atoms with Crippen molar-refractivity contribution in [3.05, 3.63) is 29.8 Å². The molecule has 0 bridgehead atoms. The molecule has 3 rings (SSSR count). The van der Waals surface area contributed by atoms with Crippen LogP contribution in [0, 0.1) is 5.92 Å². The van der Waals surface area contributed by atoms with E-state index in [-0.39, 0.29) is 5.91 Å². The van der Waals surface area contributed by atoms with Gasteiger partial charge in [-0.2, -0.15) is 0 Å². The lowest BCUT2D eigenvalue weighted by molar-refractivity contribution is -0.136. The van der Waals surface area contributed by atoms with Crippen molar-refractivity contribution in [3.8, 4) is 0 Å². The predicted molar refractivity (Wildman–Crippen MR) is 81.3 cm³/mol. The number of hydrogen-bond acceptors (Lipinski definition) is 2. The van der Waals surface area contributed by atoms with Gasteiger partial charge in [0.1, 0.15) is 0 Å². The number of carbonyl (C=O) groups excluding carboxylic acids is 1. The van der Waals surface area contributed by atoms with Crippen molar-refractivity contribution < 1.29 is 4.79 Å². The van der Waals surface area contributed by atoms with Gasteiger partial charge in [0.2, 0.25) is 5.91 Å². The summed E-state index contributed by atoms with van der Waals surface area (Å²) in [5.41, 5.74) is 7.66. The van der Waals surface area contributed by atoms with Crippen molar-refractivity contribution in [1.29, 1.82) is 0 Å². The molecule has 2 aliphatic rings. The molecular weight excluding hydrogens is 248 g/mol. The van der Waals surface area contributed by atoms with Crippen molar-refractivity contribution in [3.63, 3.8) is 0 Å². The lowest BCUT2D eigenvalue weighted by atomic mass is 9.78. The predicted octanol–water partition coefficient (Wildman–Crippen LogP) is 2.99. The second-order valence-electron chi connectivity index (χ2n) is 6.22. The van der Waals surface area contributed by atoms with Crippen molar-refractivity contribution in [2.45, 2.75) is 51.0 Å². The highest BCUT2D eigenvalue weighted by Crippen LogP contribution is 2.35. The Hall–Kier alpha value is -1.51. The van der Waals surface area contributed by atoms with E-state index in [1.165, 1.54) is 32.1 Å². The Balaban J connectivity index is 1.71. The second kappa shape index (κ2) is 5.86. The van der Waals surface area contributed by atoms with Crippen LogP contribution < -0.4 is 5.73 Å². The van der Waals surface area contributed by atoms with Gasteiger partial charge in [-0.25, -0.2) is 0 Å². The number of likely N-dealkylation sites (tertiary alicyclic amines) is 1. The number of nitrogen functional groups attached to an aromatic ring is 1. The van der Waals surface area contributed by atoms with Gasteiger partial charge >= 0.3 is 0 Å². The summed E-state index contributed by atoms with van der Waals surface area (Å²) in [7, 11) is 0. The molecule has 1 heterocycles. The highest BCUT2D eigenvalue weighted by molar-refractivity contribution is 5.80. The molecule has 1 saturated carbocycles. The van der Waals surface area contributed by atoms with Gasteiger partial charge < -0.3 is 10.6 Å². The monoisotopic (exact) mass is 272 g/mol. The Bertz CT molecular complexity index is 484. The van der Waals surface area contributed by atoms with Gasteiger partial charge in [0.25, 0.3) is 0 Å². The number of benzene rings is 1. The van der Waals surface area contributed by atoms with Crippen LogP contribution in [0.1, 0.15) is 44.1 Å². The lowest BCUT2D eigenvalue weighted by Crippen LogP contribution is -2.50. The van der Waals surface area contributed by atoms with E-state index in [0.29, 0.717) is 12.5 Å². The first kappa shape index (κ1) is 13.5. The average Bonchev–Trinajstić information content (AvgIpc) is 2.49. The number of piperidine rings is 1. The quantitative estimate of drug-likeness (QED) is 0.841. The summed E-state index contributed by atoms with van der Waals surface area (Å²) in [4.78, 5) is 14.8. The van der Waals surface area contributed by atoms with Crippen molar-refractivity contribution in [1.82, 2.24) is 4.90 Å². The van der Waals surface area contributed by atoms with Crippen LogP contribution in [0.3, 0.4) is 0 Å². The molecule has 2 N–H and O–H groups in total. The molecule has 0 spiro atoms. The molecule has 2 atom stereocenters. The molecule has 0 radical (unpaired) electrons. The molecule has 1 saturated heterocycles. The molecule has 0 unspecified atom stereocenters. The van der Waals surface area contributed by atoms with Crippen LogP contribution in [0.2, 0.25) is 0 Å². The van der Waals surface area contributed by atoms with Crippen molar-refractivity contribution in [2.75, 3.05) is 12.3 Å². The smallest absolute Gasteiger partial charge is 0.227 e. The normalized spacial score (nSPS) is 26.1. The third kappa shape index (κ3) is 2.67. The largest absolute Gasteiger partial charge is 0.398 e. The minimum Gasteiger partial charge on any atom is -0.398 e. The molecule has 1 aromatic rings. The molecular formula is C17H24N2O. The van der Waals surface area contributed by atoms with E-state index in [1.54, 1.807) is 0 Å². The Morgan fingerprint density at radius 3 is 2.75 bits per heavy atom. The molecule has 3 nitrogen and oxygen atoms in total. The number of carbonyl (C=O) groups is 1. The summed E-state index contributed by atoms with van der Waals surface area (Å²) in [6, 6.07) is 8.22. The maximum absolute atomic E-state index is 12.6. The molecule has 1 amide bonds.